The second kappa shape index (κ2) is 14.7. The molecule has 0 aromatic heterocycles. The summed E-state index contributed by atoms with van der Waals surface area (Å²) in [6.07, 6.45) is 8.10. The molecule has 5 rings (SSSR count). The number of hydrogen-bond donors (Lipinski definition) is 2. The molecule has 236 valence electrons. The Labute approximate surface area is 265 Å². The Bertz CT molecular complexity index is 1520. The van der Waals surface area contributed by atoms with E-state index in [9.17, 15) is 24.6 Å². The third kappa shape index (κ3) is 7.18. The van der Waals surface area contributed by atoms with Crippen LogP contribution in [0.5, 0.6) is 0 Å². The second-order valence-corrected chi connectivity index (χ2v) is 12.0. The van der Waals surface area contributed by atoms with Crippen LogP contribution in [0, 0.1) is 5.92 Å². The zero-order valence-corrected chi connectivity index (χ0v) is 26.0. The first-order valence-electron chi connectivity index (χ1n) is 15.9. The maximum Gasteiger partial charge on any atom is 0.264 e. The van der Waals surface area contributed by atoms with E-state index in [1.165, 1.54) is 0 Å². The summed E-state index contributed by atoms with van der Waals surface area (Å²) in [5, 5.41) is 21.5. The number of amides is 3. The minimum atomic E-state index is -1.80. The molecule has 45 heavy (non-hydrogen) atoms. The molecule has 2 N–H and O–H groups in total. The van der Waals surface area contributed by atoms with Gasteiger partial charge in [-0.25, -0.2) is 0 Å². The largest absolute Gasteiger partial charge is 0.395 e. The van der Waals surface area contributed by atoms with Gasteiger partial charge in [-0.15, -0.1) is 0 Å². The van der Waals surface area contributed by atoms with Gasteiger partial charge in [-0.3, -0.25) is 14.4 Å². The molecule has 2 atom stereocenters. The van der Waals surface area contributed by atoms with Gasteiger partial charge in [0.05, 0.1) is 18.8 Å². The van der Waals surface area contributed by atoms with Crippen LogP contribution in [0.15, 0.2) is 91.0 Å². The van der Waals surface area contributed by atoms with Crippen molar-refractivity contribution in [2.45, 2.75) is 64.1 Å². The molecule has 0 aliphatic carbocycles. The zero-order chi connectivity index (χ0) is 31.8. The molecule has 0 radical (unpaired) electrons. The molecule has 8 heteroatoms. The van der Waals surface area contributed by atoms with Crippen molar-refractivity contribution < 1.29 is 24.6 Å². The number of para-hydroxylation sites is 1. The fourth-order valence-corrected chi connectivity index (χ4v) is 6.35. The average molecular weight is 610 g/mol. The highest BCUT2D eigenvalue weighted by Gasteiger charge is 2.52. The third-order valence-electron chi connectivity index (χ3n) is 8.88. The van der Waals surface area contributed by atoms with Crippen LogP contribution in [0.3, 0.4) is 0 Å². The van der Waals surface area contributed by atoms with Gasteiger partial charge in [-0.2, -0.15) is 0 Å². The number of carbonyl (C=O) groups excluding carboxylic acids is 3. The number of nitrogens with zero attached hydrogens (tertiary/aromatic N) is 3. The minimum Gasteiger partial charge on any atom is -0.395 e. The lowest BCUT2D eigenvalue weighted by atomic mass is 9.83. The molecular weight excluding hydrogens is 566 g/mol. The first kappa shape index (κ1) is 32.1. The van der Waals surface area contributed by atoms with E-state index < -0.39 is 17.4 Å². The number of fused-ring (bicyclic) bond motifs is 1. The summed E-state index contributed by atoms with van der Waals surface area (Å²) in [7, 11) is 0. The van der Waals surface area contributed by atoms with Crippen molar-refractivity contribution in [1.29, 1.82) is 0 Å². The Hall–Kier alpha value is -4.27. The summed E-state index contributed by atoms with van der Waals surface area (Å²) in [4.78, 5) is 45.0. The second-order valence-electron chi connectivity index (χ2n) is 12.0. The van der Waals surface area contributed by atoms with Crippen LogP contribution in [0.25, 0.3) is 0 Å². The van der Waals surface area contributed by atoms with Crippen LogP contribution < -0.4 is 9.80 Å². The maximum absolute atomic E-state index is 14.0. The molecule has 3 amide bonds. The standard InChI is InChI=1S/C37H43N3O5/c1-28(13-11-21-34(42)38(23-24-41)26-29-14-5-4-6-15-29)37(45)32-18-8-9-19-33(32)40(36(37)44)27-30-16-12-17-31(25-30)39-22-10-3-2-7-20-35(39)43/h4-6,8-9,11-19,25,28,41,45H,2-3,7,10,20-24,26-27H2,1H3/b13-11+/t28-,37+/m1/s1. The number of benzene rings is 3. The number of aliphatic hydroxyl groups is 2. The topological polar surface area (TPSA) is 101 Å². The van der Waals surface area contributed by atoms with Crippen molar-refractivity contribution in [3.05, 3.63) is 108 Å². The number of carbonyl (C=O) groups is 3. The molecule has 1 fully saturated rings. The molecule has 2 heterocycles. The van der Waals surface area contributed by atoms with Gasteiger partial charge in [0.1, 0.15) is 0 Å². The molecule has 0 saturated carbocycles. The molecule has 0 bridgehead atoms. The highest BCUT2D eigenvalue weighted by molar-refractivity contribution is 6.07. The van der Waals surface area contributed by atoms with Crippen molar-refractivity contribution in [1.82, 2.24) is 4.90 Å². The first-order chi connectivity index (χ1) is 21.8. The third-order valence-corrected chi connectivity index (χ3v) is 8.88. The lowest BCUT2D eigenvalue weighted by molar-refractivity contribution is -0.139. The van der Waals surface area contributed by atoms with Crippen molar-refractivity contribution in [2.75, 3.05) is 29.5 Å². The zero-order valence-electron chi connectivity index (χ0n) is 26.0. The van der Waals surface area contributed by atoms with Gasteiger partial charge in [0.2, 0.25) is 11.8 Å². The van der Waals surface area contributed by atoms with Crippen molar-refractivity contribution in [3.8, 4) is 0 Å². The molecule has 0 spiro atoms. The summed E-state index contributed by atoms with van der Waals surface area (Å²) < 4.78 is 0. The SMILES string of the molecule is C[C@H](/C=C/CC(=O)N(CCO)Cc1ccccc1)[C@@]1(O)C(=O)N(Cc2cccc(N3CCCCCCC3=O)c2)c2ccccc21. The fraction of sp³-hybridized carbons (Fsp3) is 0.378. The molecule has 8 nitrogen and oxygen atoms in total. The predicted octanol–water partition coefficient (Wildman–Crippen LogP) is 5.32. The lowest BCUT2D eigenvalue weighted by Gasteiger charge is -2.28. The quantitative estimate of drug-likeness (QED) is 0.287. The van der Waals surface area contributed by atoms with Crippen LogP contribution in [-0.4, -0.2) is 52.5 Å². The molecule has 2 aliphatic heterocycles. The Kier molecular flexibility index (Phi) is 10.5. The Balaban J connectivity index is 1.31. The van der Waals surface area contributed by atoms with Crippen molar-refractivity contribution >= 4 is 29.1 Å². The Morgan fingerprint density at radius 3 is 2.49 bits per heavy atom. The average Bonchev–Trinajstić information content (AvgIpc) is 3.26. The van der Waals surface area contributed by atoms with Gasteiger partial charge in [-0.05, 0) is 42.2 Å². The molecule has 3 aromatic rings. The van der Waals surface area contributed by atoms with E-state index in [0.717, 1.165) is 42.5 Å². The Morgan fingerprint density at radius 1 is 0.956 bits per heavy atom. The number of aliphatic hydroxyl groups excluding tert-OH is 1. The van der Waals surface area contributed by atoms with E-state index in [1.807, 2.05) is 77.7 Å². The first-order valence-corrected chi connectivity index (χ1v) is 15.9. The lowest BCUT2D eigenvalue weighted by Crippen LogP contribution is -2.44. The molecule has 1 saturated heterocycles. The van der Waals surface area contributed by atoms with Crippen LogP contribution in [0.2, 0.25) is 0 Å². The van der Waals surface area contributed by atoms with Crippen LogP contribution in [0.1, 0.15) is 62.1 Å². The Morgan fingerprint density at radius 2 is 1.69 bits per heavy atom. The molecular formula is C37H43N3O5. The fourth-order valence-electron chi connectivity index (χ4n) is 6.35. The highest BCUT2D eigenvalue weighted by atomic mass is 16.3. The van der Waals surface area contributed by atoms with Gasteiger partial charge in [0, 0.05) is 49.6 Å². The summed E-state index contributed by atoms with van der Waals surface area (Å²) in [5.74, 6) is -1.07. The van der Waals surface area contributed by atoms with Crippen LogP contribution in [-0.2, 0) is 33.1 Å². The van der Waals surface area contributed by atoms with E-state index in [4.69, 9.17) is 0 Å². The summed E-state index contributed by atoms with van der Waals surface area (Å²) >= 11 is 0. The summed E-state index contributed by atoms with van der Waals surface area (Å²) in [6, 6.07) is 24.6. The predicted molar refractivity (Wildman–Crippen MR) is 175 cm³/mol. The number of anilines is 2. The van der Waals surface area contributed by atoms with Gasteiger partial charge in [0.15, 0.2) is 5.60 Å². The van der Waals surface area contributed by atoms with Crippen molar-refractivity contribution in [2.24, 2.45) is 5.92 Å². The van der Waals surface area contributed by atoms with E-state index in [1.54, 1.807) is 34.9 Å². The number of hydrogen-bond acceptors (Lipinski definition) is 5. The monoisotopic (exact) mass is 609 g/mol. The van der Waals surface area contributed by atoms with E-state index in [-0.39, 0.29) is 37.9 Å². The minimum absolute atomic E-state index is 0.0782. The van der Waals surface area contributed by atoms with Crippen LogP contribution in [0.4, 0.5) is 11.4 Å². The molecule has 0 unspecified atom stereocenters. The summed E-state index contributed by atoms with van der Waals surface area (Å²) in [5.41, 5.74) is 2.04. The van der Waals surface area contributed by atoms with Gasteiger partial charge in [-0.1, -0.05) is 92.6 Å². The van der Waals surface area contributed by atoms with Crippen LogP contribution >= 0.6 is 0 Å². The van der Waals surface area contributed by atoms with E-state index in [0.29, 0.717) is 30.8 Å². The normalized spacial score (nSPS) is 19.4. The van der Waals surface area contributed by atoms with E-state index in [2.05, 4.69) is 0 Å². The summed E-state index contributed by atoms with van der Waals surface area (Å²) in [6.45, 7) is 3.18. The van der Waals surface area contributed by atoms with Gasteiger partial charge >= 0.3 is 0 Å². The van der Waals surface area contributed by atoms with E-state index >= 15 is 0 Å². The smallest absolute Gasteiger partial charge is 0.264 e. The van der Waals surface area contributed by atoms with Gasteiger partial charge in [0.25, 0.3) is 5.91 Å². The molecule has 2 aliphatic rings. The highest BCUT2D eigenvalue weighted by Crippen LogP contribution is 2.45. The number of rotatable bonds is 11. The molecule has 3 aromatic carbocycles. The van der Waals surface area contributed by atoms with Gasteiger partial charge < -0.3 is 24.9 Å². The van der Waals surface area contributed by atoms with Crippen molar-refractivity contribution in [3.63, 3.8) is 0 Å². The maximum atomic E-state index is 14.0.